The van der Waals surface area contributed by atoms with E-state index in [2.05, 4.69) is 10.0 Å². The van der Waals surface area contributed by atoms with Crippen LogP contribution in [0.4, 0.5) is 16.2 Å². The summed E-state index contributed by atoms with van der Waals surface area (Å²) in [5.41, 5.74) is 5.65. The number of nitrogens with two attached hydrogens (primary N) is 1. The maximum absolute atomic E-state index is 12.4. The monoisotopic (exact) mass is 355 g/mol. The molecule has 0 bridgehead atoms. The number of benzene rings is 2. The van der Waals surface area contributed by atoms with E-state index in [4.69, 9.17) is 22.1 Å². The normalized spacial score (nSPS) is 10.9. The highest BCUT2D eigenvalue weighted by Gasteiger charge is 2.16. The van der Waals surface area contributed by atoms with Gasteiger partial charge in [-0.15, -0.1) is 0 Å². The molecule has 0 spiro atoms. The summed E-state index contributed by atoms with van der Waals surface area (Å²) in [6.07, 6.45) is 0. The maximum atomic E-state index is 12.4. The smallest absolute Gasteiger partial charge is 0.316 e. The molecule has 9 heteroatoms. The van der Waals surface area contributed by atoms with E-state index in [-0.39, 0.29) is 15.6 Å². The van der Waals surface area contributed by atoms with Crippen LogP contribution in [-0.2, 0) is 10.0 Å². The number of sulfonamides is 1. The first-order chi connectivity index (χ1) is 10.8. The minimum Gasteiger partial charge on any atom is -0.495 e. The lowest BCUT2D eigenvalue weighted by Crippen LogP contribution is -2.19. The molecule has 0 aliphatic heterocycles. The zero-order valence-electron chi connectivity index (χ0n) is 12.0. The fourth-order valence-electron chi connectivity index (χ4n) is 1.83. The Morgan fingerprint density at radius 3 is 2.48 bits per heavy atom. The number of urea groups is 1. The number of methoxy groups -OCH3 is 1. The van der Waals surface area contributed by atoms with Crippen molar-refractivity contribution in [2.24, 2.45) is 5.73 Å². The lowest BCUT2D eigenvalue weighted by Gasteiger charge is -2.11. The Kier molecular flexibility index (Phi) is 4.97. The third-order valence-electron chi connectivity index (χ3n) is 2.82. The zero-order chi connectivity index (χ0) is 17.0. The van der Waals surface area contributed by atoms with Crippen molar-refractivity contribution in [3.05, 3.63) is 47.5 Å². The Morgan fingerprint density at radius 2 is 1.87 bits per heavy atom. The fraction of sp³-hybridized carbons (Fsp3) is 0.0714. The first-order valence-corrected chi connectivity index (χ1v) is 8.21. The molecule has 23 heavy (non-hydrogen) atoms. The number of carbonyl (C=O) groups is 1. The van der Waals surface area contributed by atoms with Crippen LogP contribution in [-0.4, -0.2) is 21.6 Å². The average molecular weight is 356 g/mol. The molecule has 0 saturated carbocycles. The van der Waals surface area contributed by atoms with Crippen LogP contribution in [0.25, 0.3) is 0 Å². The lowest BCUT2D eigenvalue weighted by molar-refractivity contribution is 0.259. The van der Waals surface area contributed by atoms with Crippen LogP contribution in [0.3, 0.4) is 0 Å². The third-order valence-corrected chi connectivity index (χ3v) is 4.49. The maximum Gasteiger partial charge on any atom is 0.316 e. The van der Waals surface area contributed by atoms with Gasteiger partial charge in [0.25, 0.3) is 10.0 Å². The average Bonchev–Trinajstić information content (AvgIpc) is 2.46. The number of hydrogen-bond acceptors (Lipinski definition) is 4. The molecule has 0 fully saturated rings. The lowest BCUT2D eigenvalue weighted by atomic mass is 10.3. The molecule has 0 saturated heterocycles. The Bertz CT molecular complexity index is 840. The van der Waals surface area contributed by atoms with Crippen LogP contribution in [0.2, 0.25) is 5.02 Å². The molecular formula is C14H14ClN3O4S. The fourth-order valence-corrected chi connectivity index (χ4v) is 3.23. The summed E-state index contributed by atoms with van der Waals surface area (Å²) >= 11 is 5.94. The molecule has 122 valence electrons. The number of hydrogen-bond donors (Lipinski definition) is 3. The van der Waals surface area contributed by atoms with Gasteiger partial charge >= 0.3 is 6.03 Å². The summed E-state index contributed by atoms with van der Waals surface area (Å²) in [6.45, 7) is 0. The summed E-state index contributed by atoms with van der Waals surface area (Å²) in [7, 11) is -2.40. The molecule has 0 aliphatic carbocycles. The van der Waals surface area contributed by atoms with Gasteiger partial charge in [-0.05, 0) is 36.4 Å². The van der Waals surface area contributed by atoms with Crippen LogP contribution in [0.1, 0.15) is 0 Å². The van der Waals surface area contributed by atoms with Crippen LogP contribution in [0.15, 0.2) is 47.4 Å². The molecule has 0 radical (unpaired) electrons. The second-order valence-corrected chi connectivity index (χ2v) is 6.56. The van der Waals surface area contributed by atoms with Gasteiger partial charge in [-0.2, -0.15) is 0 Å². The van der Waals surface area contributed by atoms with E-state index in [9.17, 15) is 13.2 Å². The van der Waals surface area contributed by atoms with E-state index in [0.717, 1.165) is 0 Å². The second-order valence-electron chi connectivity index (χ2n) is 4.47. The number of rotatable bonds is 5. The highest BCUT2D eigenvalue weighted by molar-refractivity contribution is 7.92. The first-order valence-electron chi connectivity index (χ1n) is 6.35. The van der Waals surface area contributed by atoms with Crippen LogP contribution in [0, 0.1) is 0 Å². The number of anilines is 2. The molecule has 4 N–H and O–H groups in total. The Hall–Kier alpha value is -2.45. The number of ether oxygens (including phenoxy) is 1. The standard InChI is InChI=1S/C14H14ClN3O4S/c1-22-13-6-5-11(8-12(13)15)23(20,21)18-10-4-2-3-9(7-10)17-14(16)19/h2-8,18H,1H3,(H3,16,17,19). The van der Waals surface area contributed by atoms with Gasteiger partial charge < -0.3 is 15.8 Å². The minimum atomic E-state index is -3.84. The van der Waals surface area contributed by atoms with Crippen molar-refractivity contribution in [1.29, 1.82) is 0 Å². The van der Waals surface area contributed by atoms with E-state index in [0.29, 0.717) is 11.4 Å². The largest absolute Gasteiger partial charge is 0.495 e. The van der Waals surface area contributed by atoms with Gasteiger partial charge in [0.15, 0.2) is 0 Å². The molecule has 2 aromatic rings. The molecule has 7 nitrogen and oxygen atoms in total. The van der Waals surface area contributed by atoms with E-state index < -0.39 is 16.1 Å². The van der Waals surface area contributed by atoms with E-state index in [1.807, 2.05) is 0 Å². The number of amides is 2. The van der Waals surface area contributed by atoms with E-state index >= 15 is 0 Å². The van der Waals surface area contributed by atoms with Gasteiger partial charge in [-0.1, -0.05) is 17.7 Å². The summed E-state index contributed by atoms with van der Waals surface area (Å²) in [6, 6.07) is 9.50. The molecule has 2 aromatic carbocycles. The van der Waals surface area contributed by atoms with Crippen molar-refractivity contribution in [1.82, 2.24) is 0 Å². The zero-order valence-corrected chi connectivity index (χ0v) is 13.6. The van der Waals surface area contributed by atoms with Gasteiger partial charge in [0.1, 0.15) is 5.75 Å². The van der Waals surface area contributed by atoms with Gasteiger partial charge in [0, 0.05) is 5.69 Å². The molecule has 0 heterocycles. The topological polar surface area (TPSA) is 111 Å². The molecule has 0 unspecified atom stereocenters. The Balaban J connectivity index is 2.27. The molecular weight excluding hydrogens is 342 g/mol. The summed E-state index contributed by atoms with van der Waals surface area (Å²) in [5, 5.41) is 2.54. The SMILES string of the molecule is COc1ccc(S(=O)(=O)Nc2cccc(NC(N)=O)c2)cc1Cl. The number of halogens is 1. The molecule has 0 aliphatic rings. The number of nitrogens with one attached hydrogen (secondary N) is 2. The number of carbonyl (C=O) groups excluding carboxylic acids is 1. The van der Waals surface area contributed by atoms with Crippen molar-refractivity contribution in [3.63, 3.8) is 0 Å². The van der Waals surface area contributed by atoms with Gasteiger partial charge in [0.2, 0.25) is 0 Å². The third kappa shape index (κ3) is 4.27. The van der Waals surface area contributed by atoms with Crippen molar-refractivity contribution < 1.29 is 17.9 Å². The van der Waals surface area contributed by atoms with Gasteiger partial charge in [-0.3, -0.25) is 4.72 Å². The highest BCUT2D eigenvalue weighted by atomic mass is 35.5. The Morgan fingerprint density at radius 1 is 1.17 bits per heavy atom. The van der Waals surface area contributed by atoms with E-state index in [1.54, 1.807) is 12.1 Å². The summed E-state index contributed by atoms with van der Waals surface area (Å²) in [4.78, 5) is 10.8. The van der Waals surface area contributed by atoms with E-state index in [1.165, 1.54) is 37.4 Å². The van der Waals surface area contributed by atoms with Crippen LogP contribution >= 0.6 is 11.6 Å². The van der Waals surface area contributed by atoms with Crippen LogP contribution < -0.4 is 20.5 Å². The molecule has 0 atom stereocenters. The van der Waals surface area contributed by atoms with Crippen molar-refractivity contribution >= 4 is 39.0 Å². The van der Waals surface area contributed by atoms with Crippen LogP contribution in [0.5, 0.6) is 5.75 Å². The quantitative estimate of drug-likeness (QED) is 0.765. The highest BCUT2D eigenvalue weighted by Crippen LogP contribution is 2.28. The molecule has 2 rings (SSSR count). The van der Waals surface area contributed by atoms with Crippen molar-refractivity contribution in [2.75, 3.05) is 17.1 Å². The first kappa shape index (κ1) is 16.9. The predicted octanol–water partition coefficient (Wildman–Crippen LogP) is 2.64. The summed E-state index contributed by atoms with van der Waals surface area (Å²) in [5.74, 6) is 0.373. The molecule has 2 amide bonds. The van der Waals surface area contributed by atoms with Crippen molar-refractivity contribution in [3.8, 4) is 5.75 Å². The molecule has 0 aromatic heterocycles. The van der Waals surface area contributed by atoms with Gasteiger partial charge in [0.05, 0.1) is 22.7 Å². The van der Waals surface area contributed by atoms with Gasteiger partial charge in [-0.25, -0.2) is 13.2 Å². The second kappa shape index (κ2) is 6.76. The predicted molar refractivity (Wildman–Crippen MR) is 88.5 cm³/mol. The summed E-state index contributed by atoms with van der Waals surface area (Å²) < 4.78 is 32.1. The van der Waals surface area contributed by atoms with Crippen molar-refractivity contribution in [2.45, 2.75) is 4.90 Å². The minimum absolute atomic E-state index is 0.0171. The number of primary amides is 1. The Labute approximate surface area is 138 Å².